The van der Waals surface area contributed by atoms with E-state index >= 15 is 0 Å². The molecule has 2 aromatic carbocycles. The van der Waals surface area contributed by atoms with E-state index in [1.807, 2.05) is 12.1 Å². The maximum absolute atomic E-state index is 11.1. The van der Waals surface area contributed by atoms with Crippen LogP contribution in [0.1, 0.15) is 24.0 Å². The van der Waals surface area contributed by atoms with Crippen LogP contribution >= 0.6 is 11.6 Å². The quantitative estimate of drug-likeness (QED) is 0.517. The summed E-state index contributed by atoms with van der Waals surface area (Å²) in [7, 11) is 1.63. The molecule has 148 valence electrons. The molecular formula is C23H28ClN3O. The molecule has 2 aromatic rings. The van der Waals surface area contributed by atoms with Gasteiger partial charge in [0.1, 0.15) is 0 Å². The zero-order valence-corrected chi connectivity index (χ0v) is 17.1. The number of carbonyl (C=O) groups excluding carboxylic acids is 1. The summed E-state index contributed by atoms with van der Waals surface area (Å²) in [6, 6.07) is 14.9. The fourth-order valence-corrected chi connectivity index (χ4v) is 3.75. The zero-order chi connectivity index (χ0) is 19.8. The highest BCUT2D eigenvalue weighted by molar-refractivity contribution is 6.30. The molecule has 0 radical (unpaired) electrons. The normalized spacial score (nSPS) is 13.1. The second kappa shape index (κ2) is 10.3. The van der Waals surface area contributed by atoms with Crippen molar-refractivity contribution in [2.75, 3.05) is 31.6 Å². The van der Waals surface area contributed by atoms with Crippen LogP contribution in [0, 0.1) is 0 Å². The van der Waals surface area contributed by atoms with Gasteiger partial charge >= 0.3 is 0 Å². The number of rotatable bonds is 8. The third-order valence-corrected chi connectivity index (χ3v) is 5.28. The lowest BCUT2D eigenvalue weighted by Crippen LogP contribution is -2.22. The van der Waals surface area contributed by atoms with Crippen LogP contribution in [0.25, 0.3) is 0 Å². The van der Waals surface area contributed by atoms with Crippen LogP contribution in [-0.2, 0) is 17.6 Å². The minimum Gasteiger partial charge on any atom is -0.356 e. The number of anilines is 2. The van der Waals surface area contributed by atoms with E-state index in [-0.39, 0.29) is 5.91 Å². The molecule has 1 aliphatic heterocycles. The molecule has 0 fully saturated rings. The number of nitrogens with one attached hydrogen (secondary N) is 2. The summed E-state index contributed by atoms with van der Waals surface area (Å²) >= 11 is 6.32. The van der Waals surface area contributed by atoms with Gasteiger partial charge in [-0.25, -0.2) is 0 Å². The number of nitrogens with zero attached hydrogens (tertiary/aromatic N) is 1. The van der Waals surface area contributed by atoms with Gasteiger partial charge in [0.2, 0.25) is 5.91 Å². The monoisotopic (exact) mass is 397 g/mol. The van der Waals surface area contributed by atoms with Gasteiger partial charge in [-0.2, -0.15) is 0 Å². The molecule has 4 nitrogen and oxygen atoms in total. The molecule has 5 heteroatoms. The Bertz CT molecular complexity index is 834. The summed E-state index contributed by atoms with van der Waals surface area (Å²) < 4.78 is 0. The lowest BCUT2D eigenvalue weighted by atomic mass is 10.0. The van der Waals surface area contributed by atoms with Gasteiger partial charge in [0, 0.05) is 42.6 Å². The molecule has 0 saturated heterocycles. The van der Waals surface area contributed by atoms with Gasteiger partial charge in [-0.3, -0.25) is 4.79 Å². The van der Waals surface area contributed by atoms with Crippen LogP contribution in [-0.4, -0.2) is 32.6 Å². The Labute approximate surface area is 172 Å². The highest BCUT2D eigenvalue weighted by Crippen LogP contribution is 2.37. The Morgan fingerprint density at radius 2 is 1.89 bits per heavy atom. The van der Waals surface area contributed by atoms with Gasteiger partial charge in [-0.05, 0) is 61.6 Å². The topological polar surface area (TPSA) is 44.4 Å². The highest BCUT2D eigenvalue weighted by atomic mass is 35.5. The molecule has 0 aromatic heterocycles. The third-order valence-electron chi connectivity index (χ3n) is 5.05. The summed E-state index contributed by atoms with van der Waals surface area (Å²) in [6.45, 7) is 2.59. The number of fused-ring (bicyclic) bond motifs is 2. The fourth-order valence-electron chi connectivity index (χ4n) is 3.58. The van der Waals surface area contributed by atoms with Crippen molar-refractivity contribution in [3.8, 4) is 0 Å². The van der Waals surface area contributed by atoms with Crippen molar-refractivity contribution in [3.63, 3.8) is 0 Å². The summed E-state index contributed by atoms with van der Waals surface area (Å²) in [6.07, 6.45) is 7.65. The van der Waals surface area contributed by atoms with Gasteiger partial charge in [-0.1, -0.05) is 41.9 Å². The average Bonchev–Trinajstić information content (AvgIpc) is 2.86. The van der Waals surface area contributed by atoms with E-state index in [0.717, 1.165) is 43.8 Å². The third kappa shape index (κ3) is 5.37. The molecule has 0 saturated carbocycles. The van der Waals surface area contributed by atoms with Crippen LogP contribution < -0.4 is 15.5 Å². The lowest BCUT2D eigenvalue weighted by Gasteiger charge is -2.27. The summed E-state index contributed by atoms with van der Waals surface area (Å²) in [4.78, 5) is 13.6. The summed E-state index contributed by atoms with van der Waals surface area (Å²) in [5.74, 6) is -0.0704. The van der Waals surface area contributed by atoms with Crippen LogP contribution in [0.5, 0.6) is 0 Å². The average molecular weight is 398 g/mol. The predicted molar refractivity (Wildman–Crippen MR) is 118 cm³/mol. The van der Waals surface area contributed by atoms with Gasteiger partial charge in [0.05, 0.1) is 0 Å². The first-order chi connectivity index (χ1) is 13.7. The van der Waals surface area contributed by atoms with Crippen molar-refractivity contribution in [1.29, 1.82) is 0 Å². The Morgan fingerprint density at radius 3 is 2.71 bits per heavy atom. The predicted octanol–water partition coefficient (Wildman–Crippen LogP) is 4.25. The molecule has 0 atom stereocenters. The molecule has 0 bridgehead atoms. The smallest absolute Gasteiger partial charge is 0.243 e. The van der Waals surface area contributed by atoms with E-state index in [9.17, 15) is 4.79 Å². The largest absolute Gasteiger partial charge is 0.356 e. The Morgan fingerprint density at radius 1 is 1.11 bits per heavy atom. The van der Waals surface area contributed by atoms with E-state index in [2.05, 4.69) is 51.9 Å². The fraction of sp³-hybridized carbons (Fsp3) is 0.348. The Balaban J connectivity index is 1.59. The second-order valence-electron chi connectivity index (χ2n) is 6.98. The number of hydrogen-bond donors (Lipinski definition) is 2. The first-order valence-corrected chi connectivity index (χ1v) is 10.3. The summed E-state index contributed by atoms with van der Waals surface area (Å²) in [5.41, 5.74) is 5.29. The molecule has 1 heterocycles. The van der Waals surface area contributed by atoms with Crippen molar-refractivity contribution in [1.82, 2.24) is 10.6 Å². The number of likely N-dealkylation sites (N-methyl/N-ethyl adjacent to an activating group) is 1. The zero-order valence-electron chi connectivity index (χ0n) is 16.4. The minimum atomic E-state index is -0.0704. The van der Waals surface area contributed by atoms with Crippen LogP contribution in [0.3, 0.4) is 0 Å². The first kappa shape index (κ1) is 20.4. The molecule has 1 amide bonds. The SMILES string of the molecule is CNC(=O)/C=C/CNCCCCN1c2ccccc2CCc2ccc(Cl)cc21. The van der Waals surface area contributed by atoms with Gasteiger partial charge in [0.25, 0.3) is 0 Å². The number of carbonyl (C=O) groups is 1. The number of amides is 1. The highest BCUT2D eigenvalue weighted by Gasteiger charge is 2.20. The van der Waals surface area contributed by atoms with Gasteiger partial charge in [0.15, 0.2) is 0 Å². The maximum Gasteiger partial charge on any atom is 0.243 e. The van der Waals surface area contributed by atoms with E-state index in [1.54, 1.807) is 13.1 Å². The lowest BCUT2D eigenvalue weighted by molar-refractivity contribution is -0.116. The van der Waals surface area contributed by atoms with Crippen molar-refractivity contribution in [2.24, 2.45) is 0 Å². The van der Waals surface area contributed by atoms with Gasteiger partial charge in [-0.15, -0.1) is 0 Å². The second-order valence-corrected chi connectivity index (χ2v) is 7.42. The van der Waals surface area contributed by atoms with Crippen molar-refractivity contribution >= 4 is 28.9 Å². The number of unbranched alkanes of at least 4 members (excludes halogenated alkanes) is 1. The van der Waals surface area contributed by atoms with Gasteiger partial charge < -0.3 is 15.5 Å². The molecule has 28 heavy (non-hydrogen) atoms. The molecule has 1 aliphatic rings. The number of halogens is 1. The number of hydrogen-bond acceptors (Lipinski definition) is 3. The Kier molecular flexibility index (Phi) is 7.52. The first-order valence-electron chi connectivity index (χ1n) is 9.92. The van der Waals surface area contributed by atoms with Crippen molar-refractivity contribution < 1.29 is 4.79 Å². The standard InChI is InChI=1S/C23H28ClN3O/c1-25-23(28)9-6-15-26-14-4-5-16-27-21-8-3-2-7-18(21)10-11-19-12-13-20(24)17-22(19)27/h2-3,6-9,12-13,17,26H,4-5,10-11,14-16H2,1H3,(H,25,28)/b9-6+. The van der Waals surface area contributed by atoms with Crippen molar-refractivity contribution in [3.05, 3.63) is 70.8 Å². The number of para-hydroxylation sites is 1. The van der Waals surface area contributed by atoms with Crippen LogP contribution in [0.15, 0.2) is 54.6 Å². The molecule has 0 unspecified atom stereocenters. The van der Waals surface area contributed by atoms with Crippen molar-refractivity contribution in [2.45, 2.75) is 25.7 Å². The Hall–Kier alpha value is -2.30. The molecule has 0 spiro atoms. The molecule has 3 rings (SSSR count). The molecule has 2 N–H and O–H groups in total. The van der Waals surface area contributed by atoms with E-state index < -0.39 is 0 Å². The number of aryl methyl sites for hydroxylation is 2. The van der Waals surface area contributed by atoms with E-state index in [4.69, 9.17) is 11.6 Å². The molecular weight excluding hydrogens is 370 g/mol. The van der Waals surface area contributed by atoms with Crippen LogP contribution in [0.4, 0.5) is 11.4 Å². The summed E-state index contributed by atoms with van der Waals surface area (Å²) in [5, 5.41) is 6.71. The minimum absolute atomic E-state index is 0.0704. The number of benzene rings is 2. The molecule has 0 aliphatic carbocycles. The van der Waals surface area contributed by atoms with E-state index in [0.29, 0.717) is 6.54 Å². The maximum atomic E-state index is 11.1. The van der Waals surface area contributed by atoms with E-state index in [1.165, 1.54) is 22.5 Å². The van der Waals surface area contributed by atoms with Crippen LogP contribution in [0.2, 0.25) is 5.02 Å².